The van der Waals surface area contributed by atoms with Gasteiger partial charge in [0.1, 0.15) is 0 Å². The molecule has 0 radical (unpaired) electrons. The molecular formula is C44H62N6O6. The summed E-state index contributed by atoms with van der Waals surface area (Å²) in [5, 5.41) is 27.8. The standard InChI is InChI=1S/C44H62N6O6/c1-9-19-55-29(7)43-27(5)35-21-33-25(3)31(11-13-41(53)45-15-17-51)37(47-33)24-38-32(12-14-42(54)46-16-18-52)26(4)34(48-38)22-39-44(30(8)56-20-10-2)28(6)36(50-39)23-40(43)49-35/h21-24,29-30,47-52H,9-20H2,1-8H3,(H,45,53)(H,46,54). The lowest BCUT2D eigenvalue weighted by Gasteiger charge is -2.14. The van der Waals surface area contributed by atoms with E-state index in [1.165, 1.54) is 0 Å². The summed E-state index contributed by atoms with van der Waals surface area (Å²) in [6.07, 6.45) is 11.5. The molecule has 8 N–H and O–H groups in total. The normalized spacial score (nSPS) is 13.3. The monoisotopic (exact) mass is 770 g/mol. The van der Waals surface area contributed by atoms with Crippen LogP contribution < -0.4 is 32.0 Å². The Hall–Kier alpha value is -4.62. The van der Waals surface area contributed by atoms with E-state index in [1.54, 1.807) is 0 Å². The molecule has 5 heterocycles. The summed E-state index contributed by atoms with van der Waals surface area (Å²) in [7, 11) is 0. The Labute approximate surface area is 329 Å². The molecule has 56 heavy (non-hydrogen) atoms. The van der Waals surface area contributed by atoms with Crippen molar-refractivity contribution in [1.82, 2.24) is 30.6 Å². The number of aliphatic hydroxyl groups is 2. The molecule has 12 nitrogen and oxygen atoms in total. The van der Waals surface area contributed by atoms with E-state index in [0.717, 1.165) is 102 Å². The van der Waals surface area contributed by atoms with Gasteiger partial charge >= 0.3 is 0 Å². The van der Waals surface area contributed by atoms with Crippen LogP contribution in [0.5, 0.6) is 0 Å². The van der Waals surface area contributed by atoms with Gasteiger partial charge < -0.3 is 50.3 Å². The zero-order valence-corrected chi connectivity index (χ0v) is 34.5. The average Bonchev–Trinajstić information content (AvgIpc) is 3.85. The van der Waals surface area contributed by atoms with Gasteiger partial charge in [0.05, 0.1) is 25.4 Å². The van der Waals surface area contributed by atoms with Crippen molar-refractivity contribution in [2.45, 2.75) is 106 Å². The topological polar surface area (TPSA) is 180 Å². The minimum absolute atomic E-state index is 0.117. The Kier molecular flexibility index (Phi) is 14.8. The zero-order chi connectivity index (χ0) is 40.5. The number of amides is 2. The van der Waals surface area contributed by atoms with Gasteiger partial charge in [0, 0.05) is 94.4 Å². The highest BCUT2D eigenvalue weighted by Gasteiger charge is 2.22. The van der Waals surface area contributed by atoms with Gasteiger partial charge in [0.25, 0.3) is 0 Å². The molecule has 0 spiro atoms. The first-order valence-electron chi connectivity index (χ1n) is 20.2. The molecule has 1 aliphatic rings. The SMILES string of the molecule is CCCOC(C)c1c2[nH]c(c1C)C=c1[nH]c(c(CCC(=O)NCCO)c1C)=Cc1[nH]c(c(C)c1CCC(=O)NCCO)C=c1[nH]c(c(C)c1C(C)OCCC)=C2. The maximum Gasteiger partial charge on any atom is 0.220 e. The summed E-state index contributed by atoms with van der Waals surface area (Å²) < 4.78 is 12.7. The molecular weight excluding hydrogens is 709 g/mol. The first-order valence-corrected chi connectivity index (χ1v) is 20.2. The van der Waals surface area contributed by atoms with Crippen molar-refractivity contribution >= 4 is 36.1 Å². The largest absolute Gasteiger partial charge is 0.395 e. The highest BCUT2D eigenvalue weighted by Crippen LogP contribution is 2.29. The molecule has 8 bridgehead atoms. The quantitative estimate of drug-likeness (QED) is 0.0679. The number of ether oxygens (including phenoxy) is 2. The number of fused-ring (bicyclic) bond motifs is 8. The summed E-state index contributed by atoms with van der Waals surface area (Å²) in [6, 6.07) is 0. The number of hydrogen-bond acceptors (Lipinski definition) is 6. The number of aromatic amines is 4. The van der Waals surface area contributed by atoms with Gasteiger partial charge in [-0.2, -0.15) is 0 Å². The fourth-order valence-corrected chi connectivity index (χ4v) is 7.79. The maximum absolute atomic E-state index is 12.8. The lowest BCUT2D eigenvalue weighted by Crippen LogP contribution is -2.27. The van der Waals surface area contributed by atoms with Crippen molar-refractivity contribution in [2.24, 2.45) is 0 Å². The van der Waals surface area contributed by atoms with Crippen molar-refractivity contribution in [2.75, 3.05) is 39.5 Å². The van der Waals surface area contributed by atoms with Gasteiger partial charge in [0.2, 0.25) is 11.8 Å². The van der Waals surface area contributed by atoms with E-state index in [4.69, 9.17) is 9.47 Å². The highest BCUT2D eigenvalue weighted by molar-refractivity contribution is 5.77. The summed E-state index contributed by atoms with van der Waals surface area (Å²) >= 11 is 0. The van der Waals surface area contributed by atoms with Gasteiger partial charge in [-0.25, -0.2) is 0 Å². The van der Waals surface area contributed by atoms with Crippen LogP contribution in [0.4, 0.5) is 0 Å². The van der Waals surface area contributed by atoms with E-state index in [1.807, 2.05) is 0 Å². The molecule has 0 saturated carbocycles. The summed E-state index contributed by atoms with van der Waals surface area (Å²) in [6.45, 7) is 18.3. The number of nitrogens with one attached hydrogen (secondary N) is 6. The number of aromatic nitrogens is 4. The third-order valence-corrected chi connectivity index (χ3v) is 10.8. The third kappa shape index (κ3) is 9.66. The van der Waals surface area contributed by atoms with E-state index >= 15 is 0 Å². The number of hydrogen-bond donors (Lipinski definition) is 8. The Bertz CT molecular complexity index is 2250. The van der Waals surface area contributed by atoms with Crippen LogP contribution in [0.3, 0.4) is 0 Å². The number of H-pyrrole nitrogens is 4. The van der Waals surface area contributed by atoms with Crippen LogP contribution in [0.1, 0.15) is 133 Å². The van der Waals surface area contributed by atoms with Gasteiger partial charge in [0.15, 0.2) is 0 Å². The predicted molar refractivity (Wildman–Crippen MR) is 221 cm³/mol. The molecule has 4 aromatic rings. The average molecular weight is 771 g/mol. The molecule has 2 amide bonds. The number of carbonyl (C=O) groups is 2. The molecule has 304 valence electrons. The van der Waals surface area contributed by atoms with Gasteiger partial charge in [-0.3, -0.25) is 9.59 Å². The molecule has 12 heteroatoms. The first kappa shape index (κ1) is 42.5. The van der Waals surface area contributed by atoms with Crippen molar-refractivity contribution in [3.63, 3.8) is 0 Å². The molecule has 2 atom stereocenters. The number of carbonyl (C=O) groups excluding carboxylic acids is 2. The molecule has 0 aromatic carbocycles. The third-order valence-electron chi connectivity index (χ3n) is 10.8. The summed E-state index contributed by atoms with van der Waals surface area (Å²) in [5.41, 5.74) is 12.1. The van der Waals surface area contributed by atoms with E-state index in [0.29, 0.717) is 26.1 Å². The number of rotatable bonds is 18. The van der Waals surface area contributed by atoms with E-state index < -0.39 is 0 Å². The van der Waals surface area contributed by atoms with Crippen LogP contribution in [-0.2, 0) is 31.9 Å². The molecule has 2 unspecified atom stereocenters. The second kappa shape index (κ2) is 19.5. The maximum atomic E-state index is 12.8. The van der Waals surface area contributed by atoms with Gasteiger partial charge in [-0.05, 0) is 125 Å². The minimum Gasteiger partial charge on any atom is -0.395 e. The zero-order valence-electron chi connectivity index (χ0n) is 34.5. The summed E-state index contributed by atoms with van der Waals surface area (Å²) in [4.78, 5) is 40.5. The molecule has 5 rings (SSSR count). The van der Waals surface area contributed by atoms with Crippen molar-refractivity contribution < 1.29 is 29.3 Å². The Morgan fingerprint density at radius 1 is 0.589 bits per heavy atom. The van der Waals surface area contributed by atoms with Crippen LogP contribution in [0.2, 0.25) is 0 Å². The van der Waals surface area contributed by atoms with E-state index in [2.05, 4.69) is 110 Å². The Morgan fingerprint density at radius 3 is 1.68 bits per heavy atom. The van der Waals surface area contributed by atoms with Crippen LogP contribution in [0, 0.1) is 27.7 Å². The van der Waals surface area contributed by atoms with Crippen molar-refractivity contribution in [1.29, 1.82) is 0 Å². The van der Waals surface area contributed by atoms with Crippen LogP contribution >= 0.6 is 0 Å². The smallest absolute Gasteiger partial charge is 0.220 e. The number of aliphatic hydroxyl groups excluding tert-OH is 2. The molecule has 1 aliphatic heterocycles. The second-order valence-electron chi connectivity index (χ2n) is 14.8. The lowest BCUT2D eigenvalue weighted by molar-refractivity contribution is -0.122. The van der Waals surface area contributed by atoms with E-state index in [9.17, 15) is 19.8 Å². The fourth-order valence-electron chi connectivity index (χ4n) is 7.79. The molecule has 0 aliphatic carbocycles. The van der Waals surface area contributed by atoms with Crippen molar-refractivity contribution in [3.8, 4) is 0 Å². The predicted octanol–water partition coefficient (Wildman–Crippen LogP) is 2.92. The molecule has 0 fully saturated rings. The fraction of sp³-hybridized carbons (Fsp3) is 0.500. The minimum atomic E-state index is -0.171. The Balaban J connectivity index is 1.84. The van der Waals surface area contributed by atoms with Crippen LogP contribution in [-0.4, -0.2) is 81.5 Å². The van der Waals surface area contributed by atoms with Crippen LogP contribution in [0.25, 0.3) is 24.3 Å². The van der Waals surface area contributed by atoms with E-state index in [-0.39, 0.29) is 63.2 Å². The van der Waals surface area contributed by atoms with Gasteiger partial charge in [-0.15, -0.1) is 0 Å². The molecule has 0 saturated heterocycles. The van der Waals surface area contributed by atoms with Crippen molar-refractivity contribution in [3.05, 3.63) is 88.7 Å². The highest BCUT2D eigenvalue weighted by atomic mass is 16.5. The Morgan fingerprint density at radius 2 is 1.07 bits per heavy atom. The molecule has 4 aromatic heterocycles. The van der Waals surface area contributed by atoms with Crippen LogP contribution in [0.15, 0.2) is 0 Å². The second-order valence-corrected chi connectivity index (χ2v) is 14.8. The first-order chi connectivity index (χ1) is 26.9. The lowest BCUT2D eigenvalue weighted by atomic mass is 10.0. The van der Waals surface area contributed by atoms with Gasteiger partial charge in [-0.1, -0.05) is 13.8 Å². The summed E-state index contributed by atoms with van der Waals surface area (Å²) in [5.74, 6) is -0.258.